The number of amides is 3. The number of hydrogen-bond donors (Lipinski definition) is 5. The molecule has 0 radical (unpaired) electrons. The van der Waals surface area contributed by atoms with Gasteiger partial charge in [-0.15, -0.1) is 11.3 Å². The number of thiazole rings is 1. The first-order chi connectivity index (χ1) is 27.0. The third-order valence-electron chi connectivity index (χ3n) is 11.5. The Morgan fingerprint density at radius 3 is 2.37 bits per heavy atom. The van der Waals surface area contributed by atoms with Crippen molar-refractivity contribution in [2.45, 2.75) is 145 Å². The zero-order chi connectivity index (χ0) is 42.3. The van der Waals surface area contributed by atoms with E-state index in [-0.39, 0.29) is 48.2 Å². The van der Waals surface area contributed by atoms with Crippen molar-refractivity contribution < 1.29 is 29.0 Å². The van der Waals surface area contributed by atoms with Gasteiger partial charge in [0.1, 0.15) is 22.8 Å². The molecule has 2 heterocycles. The monoisotopic (exact) mass is 813 g/mol. The average Bonchev–Trinajstić information content (AvgIpc) is 3.62. The Balaban J connectivity index is 1.90. The highest BCUT2D eigenvalue weighted by Gasteiger charge is 2.40. The molecule has 0 bridgehead atoms. The molecule has 1 aliphatic heterocycles. The van der Waals surface area contributed by atoms with E-state index in [9.17, 15) is 24.3 Å². The molecule has 0 unspecified atom stereocenters. The minimum Gasteiger partial charge on any atom is -0.481 e. The molecule has 12 nitrogen and oxygen atoms in total. The van der Waals surface area contributed by atoms with Crippen LogP contribution in [0.25, 0.3) is 0 Å². The molecular formula is C44H72N6O6S. The number of rotatable bonds is 24. The summed E-state index contributed by atoms with van der Waals surface area (Å²) in [4.78, 5) is 61.6. The van der Waals surface area contributed by atoms with Gasteiger partial charge in [-0.3, -0.25) is 24.5 Å². The lowest BCUT2D eigenvalue weighted by atomic mass is 9.80. The number of carboxylic acid groups (broad SMARTS) is 1. The molecule has 1 fully saturated rings. The molecule has 6 N–H and O–H groups in total. The minimum absolute atomic E-state index is 0.0513. The number of nitrogens with two attached hydrogens (primary N) is 1. The normalized spacial score (nSPS) is 18.6. The van der Waals surface area contributed by atoms with Crippen molar-refractivity contribution in [1.82, 2.24) is 20.5 Å². The van der Waals surface area contributed by atoms with Gasteiger partial charge >= 0.3 is 5.97 Å². The number of hydrogen-bond acceptors (Lipinski definition) is 9. The van der Waals surface area contributed by atoms with Crippen LogP contribution in [0, 0.1) is 35.0 Å². The van der Waals surface area contributed by atoms with E-state index < -0.39 is 29.3 Å². The number of unbranched alkanes of at least 4 members (excludes halogenated alkanes) is 3. The quantitative estimate of drug-likeness (QED) is 0.0399. The van der Waals surface area contributed by atoms with Crippen LogP contribution in [-0.4, -0.2) is 70.6 Å². The van der Waals surface area contributed by atoms with Gasteiger partial charge in [0, 0.05) is 42.6 Å². The summed E-state index contributed by atoms with van der Waals surface area (Å²) in [5.74, 6) is -2.35. The summed E-state index contributed by atoms with van der Waals surface area (Å²) in [6, 6.07) is 7.00. The van der Waals surface area contributed by atoms with Gasteiger partial charge in [0.25, 0.3) is 0 Å². The van der Waals surface area contributed by atoms with Crippen molar-refractivity contribution in [2.75, 3.05) is 30.7 Å². The van der Waals surface area contributed by atoms with Crippen molar-refractivity contribution in [3.05, 3.63) is 40.2 Å². The van der Waals surface area contributed by atoms with Gasteiger partial charge in [-0.25, -0.2) is 4.98 Å². The first kappa shape index (κ1) is 47.8. The molecule has 13 heteroatoms. The predicted octanol–water partition coefficient (Wildman–Crippen LogP) is 8.05. The highest BCUT2D eigenvalue weighted by atomic mass is 32.1. The number of nitrogens with zero attached hydrogens (tertiary/aromatic N) is 2. The van der Waals surface area contributed by atoms with Crippen molar-refractivity contribution in [1.29, 1.82) is 0 Å². The van der Waals surface area contributed by atoms with Crippen LogP contribution in [0.1, 0.15) is 137 Å². The second-order valence-electron chi connectivity index (χ2n) is 17.2. The molecule has 320 valence electrons. The fourth-order valence-corrected chi connectivity index (χ4v) is 8.51. The van der Waals surface area contributed by atoms with Gasteiger partial charge in [0.05, 0.1) is 11.6 Å². The summed E-state index contributed by atoms with van der Waals surface area (Å²) in [7, 11) is 0. The average molecular weight is 813 g/mol. The van der Waals surface area contributed by atoms with Gasteiger partial charge in [-0.2, -0.15) is 0 Å². The van der Waals surface area contributed by atoms with Crippen LogP contribution in [0.2, 0.25) is 0 Å². The van der Waals surface area contributed by atoms with E-state index in [0.717, 1.165) is 50.6 Å². The molecule has 2 aromatic rings. The van der Waals surface area contributed by atoms with Gasteiger partial charge < -0.3 is 31.1 Å². The summed E-state index contributed by atoms with van der Waals surface area (Å²) in [6.07, 6.45) is 6.86. The summed E-state index contributed by atoms with van der Waals surface area (Å²) in [6.45, 7) is 19.6. The van der Waals surface area contributed by atoms with Crippen molar-refractivity contribution in [3.63, 3.8) is 0 Å². The molecule has 0 aliphatic carbocycles. The van der Waals surface area contributed by atoms with Gasteiger partial charge in [-0.05, 0) is 94.9 Å². The number of carboxylic acids is 1. The Hall–Kier alpha value is -3.55. The first-order valence-electron chi connectivity index (χ1n) is 21.3. The number of nitrogens with one attached hydrogen (secondary N) is 3. The molecule has 3 rings (SSSR count). The van der Waals surface area contributed by atoms with Gasteiger partial charge in [-0.1, -0.05) is 79.4 Å². The van der Waals surface area contributed by atoms with E-state index >= 15 is 0 Å². The number of nitrogen functional groups attached to an aromatic ring is 1. The number of aromatic nitrogens is 1. The summed E-state index contributed by atoms with van der Waals surface area (Å²) in [5.41, 5.74) is 6.24. The molecular weight excluding hydrogens is 741 g/mol. The Morgan fingerprint density at radius 1 is 1.07 bits per heavy atom. The number of benzene rings is 1. The van der Waals surface area contributed by atoms with Crippen LogP contribution < -0.4 is 21.7 Å². The number of piperidine rings is 1. The lowest BCUT2D eigenvalue weighted by molar-refractivity contribution is -0.149. The molecule has 1 aromatic carbocycles. The maximum Gasteiger partial charge on any atom is 0.309 e. The second-order valence-corrected chi connectivity index (χ2v) is 18.1. The molecule has 1 aromatic heterocycles. The van der Waals surface area contributed by atoms with Crippen LogP contribution in [0.15, 0.2) is 29.6 Å². The van der Waals surface area contributed by atoms with Crippen LogP contribution in [0.3, 0.4) is 0 Å². The lowest BCUT2D eigenvalue weighted by Crippen LogP contribution is -2.56. The SMILES string of the molecule is CCCCCCN(C(=O)[C@H](C(=O)N[C@@H]1C[C@H](C)CCN1)[C@@H](C)CC)[C@H](C[C@@H](OCC)c1nc(NC(=O)[C@@H](Cc2ccc(N)cc2)CC(C)(C)C(=O)O)cs1)C(C)C. The van der Waals surface area contributed by atoms with E-state index in [2.05, 4.69) is 43.6 Å². The zero-order valence-corrected chi connectivity index (χ0v) is 36.9. The topological polar surface area (TPSA) is 176 Å². The maximum absolute atomic E-state index is 14.9. The van der Waals surface area contributed by atoms with E-state index in [1.54, 1.807) is 31.4 Å². The van der Waals surface area contributed by atoms with Crippen LogP contribution in [-0.2, 0) is 30.3 Å². The zero-order valence-electron chi connectivity index (χ0n) is 36.1. The molecule has 1 aliphatic rings. The number of aliphatic carboxylic acids is 1. The summed E-state index contributed by atoms with van der Waals surface area (Å²) >= 11 is 1.38. The fourth-order valence-electron chi connectivity index (χ4n) is 7.70. The number of carbonyl (C=O) groups excluding carboxylic acids is 3. The lowest BCUT2D eigenvalue weighted by Gasteiger charge is -2.39. The number of ether oxygens (including phenoxy) is 1. The molecule has 1 saturated heterocycles. The van der Waals surface area contributed by atoms with Crippen LogP contribution >= 0.6 is 11.3 Å². The highest BCUT2D eigenvalue weighted by molar-refractivity contribution is 7.10. The minimum atomic E-state index is -1.13. The maximum atomic E-state index is 14.9. The van der Waals surface area contributed by atoms with E-state index in [1.165, 1.54) is 11.3 Å². The fraction of sp³-hybridized carbons (Fsp3) is 0.705. The Labute approximate surface area is 345 Å². The Morgan fingerprint density at radius 2 is 1.77 bits per heavy atom. The molecule has 57 heavy (non-hydrogen) atoms. The Bertz CT molecular complexity index is 1560. The van der Waals surface area contributed by atoms with Crippen molar-refractivity contribution in [3.8, 4) is 0 Å². The molecule has 0 spiro atoms. The third-order valence-corrected chi connectivity index (χ3v) is 12.4. The molecule has 0 saturated carbocycles. The number of carbonyl (C=O) groups is 4. The van der Waals surface area contributed by atoms with E-state index in [1.807, 2.05) is 37.8 Å². The number of anilines is 2. The third kappa shape index (κ3) is 14.7. The van der Waals surface area contributed by atoms with Crippen molar-refractivity contribution in [2.24, 2.45) is 35.0 Å². The van der Waals surface area contributed by atoms with Gasteiger partial charge in [0.2, 0.25) is 17.7 Å². The predicted molar refractivity (Wildman–Crippen MR) is 230 cm³/mol. The molecule has 7 atom stereocenters. The van der Waals surface area contributed by atoms with Crippen LogP contribution in [0.4, 0.5) is 11.5 Å². The smallest absolute Gasteiger partial charge is 0.309 e. The van der Waals surface area contributed by atoms with E-state index in [0.29, 0.717) is 54.8 Å². The Kier molecular flexibility index (Phi) is 19.4. The van der Waals surface area contributed by atoms with E-state index in [4.69, 9.17) is 15.5 Å². The van der Waals surface area contributed by atoms with Crippen molar-refractivity contribution >= 4 is 46.5 Å². The summed E-state index contributed by atoms with van der Waals surface area (Å²) < 4.78 is 6.35. The first-order valence-corrected chi connectivity index (χ1v) is 22.2. The summed E-state index contributed by atoms with van der Waals surface area (Å²) in [5, 5.41) is 21.9. The molecule has 3 amide bonds. The largest absolute Gasteiger partial charge is 0.481 e. The highest BCUT2D eigenvalue weighted by Crippen LogP contribution is 2.34. The van der Waals surface area contributed by atoms with Gasteiger partial charge in [0.15, 0.2) is 0 Å². The second kappa shape index (κ2) is 23.1. The standard InChI is InChI=1S/C44H72N6O6S/c1-10-13-14-15-22-50(42(53)38(30(7)11-2)40(52)47-36-23-29(6)20-21-46-36)34(28(4)5)25-35(56-12-3)41-49-37(27-57-41)48-39(51)32(26-44(8,9)43(54)55)24-31-16-18-33(45)19-17-31/h16-19,27-30,32,34-36,38,46H,10-15,20-26,45H2,1-9H3,(H,47,52)(H,48,51)(H,54,55)/t29-,30+,32+,34-,35-,36-,38+/m1/s1. The van der Waals surface area contributed by atoms with Crippen LogP contribution in [0.5, 0.6) is 0 Å².